The smallest absolute Gasteiger partial charge is 0.383 e. The summed E-state index contributed by atoms with van der Waals surface area (Å²) in [5.74, 6) is -1.18. The number of aromatic nitrogens is 1. The number of carbonyl (C=O) groups is 1. The van der Waals surface area contributed by atoms with Crippen molar-refractivity contribution in [1.82, 2.24) is 20.1 Å². The minimum Gasteiger partial charge on any atom is -0.383 e. The first-order valence-electron chi connectivity index (χ1n) is 16.2. The minimum atomic E-state index is -4.93. The van der Waals surface area contributed by atoms with Crippen LogP contribution in [0.15, 0.2) is 77.7 Å². The Bertz CT molecular complexity index is 1960. The van der Waals surface area contributed by atoms with Crippen molar-refractivity contribution in [3.63, 3.8) is 0 Å². The number of likely N-dealkylation sites (tertiary alicyclic amines) is 1. The van der Waals surface area contributed by atoms with E-state index in [1.165, 1.54) is 60.7 Å². The van der Waals surface area contributed by atoms with Gasteiger partial charge in [-0.15, -0.1) is 0 Å². The van der Waals surface area contributed by atoms with E-state index >= 15 is 0 Å². The zero-order valence-electron chi connectivity index (χ0n) is 28.2. The molecule has 1 atom stereocenters. The summed E-state index contributed by atoms with van der Waals surface area (Å²) in [5.41, 5.74) is -1.47. The molecule has 1 aliphatic rings. The molecule has 274 valence electrons. The largest absolute Gasteiger partial charge is 0.416 e. The number of carbonyl (C=O) groups excluding carboxylic acids is 1. The molecule has 1 N–H and O–H groups in total. The molecule has 15 heteroatoms. The number of likely N-dealkylation sites (N-methyl/N-ethyl adjacent to an activating group) is 1. The quantitative estimate of drug-likeness (QED) is 0.168. The standard InChI is InChI=1S/C36H38F6N4O4S/c1-45(18-19-50-2)26-14-16-46(17-15-26)22-29-31(34(47)44-33(36(40,41)42)23-8-5-4-6-9-23)28-21-27(51(3,48)49)12-13-30(28)43-32(29)24-10-7-11-25(20-24)35(37,38)39/h4-13,20-21,26,33H,14-19,22H2,1-3H3,(H,44,47). The number of hydrogen-bond donors (Lipinski definition) is 1. The number of pyridine rings is 1. The van der Waals surface area contributed by atoms with Crippen molar-refractivity contribution in [1.29, 1.82) is 0 Å². The average Bonchev–Trinajstić information content (AvgIpc) is 3.08. The van der Waals surface area contributed by atoms with E-state index in [0.29, 0.717) is 39.1 Å². The Morgan fingerprint density at radius 1 is 1.00 bits per heavy atom. The molecule has 1 amide bonds. The molecule has 4 aromatic rings. The fourth-order valence-corrected chi connectivity index (χ4v) is 7.02. The highest BCUT2D eigenvalue weighted by Gasteiger charge is 2.43. The topological polar surface area (TPSA) is 91.8 Å². The first kappa shape index (κ1) is 38.2. The van der Waals surface area contributed by atoms with Gasteiger partial charge in [0.05, 0.1) is 33.8 Å². The summed E-state index contributed by atoms with van der Waals surface area (Å²) in [6, 6.07) is 12.5. The number of halogens is 6. The highest BCUT2D eigenvalue weighted by molar-refractivity contribution is 7.90. The lowest BCUT2D eigenvalue weighted by atomic mass is 9.93. The summed E-state index contributed by atoms with van der Waals surface area (Å²) in [6.07, 6.45) is -7.31. The third-order valence-corrected chi connectivity index (χ3v) is 10.2. The maximum atomic E-state index is 14.5. The van der Waals surface area contributed by atoms with Gasteiger partial charge in [0.1, 0.15) is 0 Å². The lowest BCUT2D eigenvalue weighted by Crippen LogP contribution is -2.44. The molecule has 0 bridgehead atoms. The van der Waals surface area contributed by atoms with Crippen LogP contribution >= 0.6 is 0 Å². The van der Waals surface area contributed by atoms with Crippen molar-refractivity contribution < 1.29 is 44.3 Å². The fourth-order valence-electron chi connectivity index (χ4n) is 6.37. The number of rotatable bonds is 11. The van der Waals surface area contributed by atoms with E-state index in [9.17, 15) is 39.6 Å². The molecular weight excluding hydrogens is 698 g/mol. The molecule has 1 unspecified atom stereocenters. The van der Waals surface area contributed by atoms with Crippen LogP contribution in [0.2, 0.25) is 0 Å². The molecule has 2 heterocycles. The van der Waals surface area contributed by atoms with E-state index in [1.807, 2.05) is 11.9 Å². The van der Waals surface area contributed by atoms with Crippen LogP contribution in [0.25, 0.3) is 22.2 Å². The third kappa shape index (κ3) is 9.07. The average molecular weight is 737 g/mol. The van der Waals surface area contributed by atoms with Gasteiger partial charge in [0, 0.05) is 49.0 Å². The predicted molar refractivity (Wildman–Crippen MR) is 181 cm³/mol. The van der Waals surface area contributed by atoms with Crippen molar-refractivity contribution in [2.45, 2.75) is 48.7 Å². The molecule has 1 aromatic heterocycles. The van der Waals surface area contributed by atoms with Gasteiger partial charge in [0.15, 0.2) is 15.9 Å². The Balaban J connectivity index is 1.71. The summed E-state index contributed by atoms with van der Waals surface area (Å²) < 4.78 is 116. The number of hydrogen-bond acceptors (Lipinski definition) is 7. The molecule has 51 heavy (non-hydrogen) atoms. The normalized spacial score (nSPS) is 15.7. The lowest BCUT2D eigenvalue weighted by Gasteiger charge is -2.37. The van der Waals surface area contributed by atoms with Crippen molar-refractivity contribution in [3.8, 4) is 11.3 Å². The summed E-state index contributed by atoms with van der Waals surface area (Å²) in [6.45, 7) is 2.18. The molecule has 0 aliphatic carbocycles. The van der Waals surface area contributed by atoms with Gasteiger partial charge >= 0.3 is 12.4 Å². The molecule has 5 rings (SSSR count). The van der Waals surface area contributed by atoms with Crippen LogP contribution in [0, 0.1) is 0 Å². The minimum absolute atomic E-state index is 0.00687. The molecule has 1 saturated heterocycles. The van der Waals surface area contributed by atoms with Crippen molar-refractivity contribution >= 4 is 26.6 Å². The van der Waals surface area contributed by atoms with E-state index in [2.05, 4.69) is 15.2 Å². The molecule has 0 saturated carbocycles. The number of alkyl halides is 6. The molecular formula is C36H38F6N4O4S. The monoisotopic (exact) mass is 736 g/mol. The number of sulfone groups is 1. The van der Waals surface area contributed by atoms with Gasteiger partial charge in [-0.05, 0) is 68.9 Å². The first-order valence-corrected chi connectivity index (χ1v) is 18.0. The maximum Gasteiger partial charge on any atom is 0.416 e. The molecule has 3 aromatic carbocycles. The van der Waals surface area contributed by atoms with Gasteiger partial charge in [0.2, 0.25) is 0 Å². The van der Waals surface area contributed by atoms with Crippen LogP contribution in [0.4, 0.5) is 26.3 Å². The van der Waals surface area contributed by atoms with Crippen LogP contribution in [0.5, 0.6) is 0 Å². The lowest BCUT2D eigenvalue weighted by molar-refractivity contribution is -0.155. The van der Waals surface area contributed by atoms with Gasteiger partial charge in [-0.2, -0.15) is 26.3 Å². The highest BCUT2D eigenvalue weighted by atomic mass is 32.2. The van der Waals surface area contributed by atoms with Gasteiger partial charge < -0.3 is 15.0 Å². The number of nitrogens with one attached hydrogen (secondary N) is 1. The summed E-state index contributed by atoms with van der Waals surface area (Å²) >= 11 is 0. The fraction of sp³-hybridized carbons (Fsp3) is 0.389. The number of methoxy groups -OCH3 is 1. The zero-order valence-corrected chi connectivity index (χ0v) is 29.0. The Morgan fingerprint density at radius 3 is 2.29 bits per heavy atom. The van der Waals surface area contributed by atoms with Crippen LogP contribution < -0.4 is 5.32 Å². The van der Waals surface area contributed by atoms with E-state index in [4.69, 9.17) is 4.74 Å². The van der Waals surface area contributed by atoms with Gasteiger partial charge in [-0.1, -0.05) is 42.5 Å². The third-order valence-electron chi connectivity index (χ3n) is 9.12. The van der Waals surface area contributed by atoms with E-state index < -0.39 is 39.7 Å². The number of piperidine rings is 1. The van der Waals surface area contributed by atoms with Crippen molar-refractivity contribution in [2.75, 3.05) is 46.7 Å². The maximum absolute atomic E-state index is 14.5. The van der Waals surface area contributed by atoms with Crippen molar-refractivity contribution in [2.24, 2.45) is 0 Å². The highest BCUT2D eigenvalue weighted by Crippen LogP contribution is 2.38. The summed E-state index contributed by atoms with van der Waals surface area (Å²) in [4.78, 5) is 22.9. The number of benzene rings is 3. The first-order chi connectivity index (χ1) is 24.0. The molecule has 0 spiro atoms. The number of ether oxygens (including phenoxy) is 1. The van der Waals surface area contributed by atoms with Gasteiger partial charge in [0.25, 0.3) is 5.91 Å². The number of amides is 1. The van der Waals surface area contributed by atoms with Crippen LogP contribution in [0.3, 0.4) is 0 Å². The van der Waals surface area contributed by atoms with Crippen LogP contribution in [0.1, 0.15) is 45.9 Å². The summed E-state index contributed by atoms with van der Waals surface area (Å²) in [7, 11) is -0.273. The van der Waals surface area contributed by atoms with E-state index in [-0.39, 0.29) is 56.3 Å². The van der Waals surface area contributed by atoms with E-state index in [1.54, 1.807) is 7.11 Å². The van der Waals surface area contributed by atoms with E-state index in [0.717, 1.165) is 18.4 Å². The second-order valence-corrected chi connectivity index (χ2v) is 14.7. The predicted octanol–water partition coefficient (Wildman–Crippen LogP) is 6.90. The Kier molecular flexibility index (Phi) is 11.4. The van der Waals surface area contributed by atoms with Crippen LogP contribution in [-0.2, 0) is 27.3 Å². The van der Waals surface area contributed by atoms with Gasteiger partial charge in [-0.3, -0.25) is 9.69 Å². The SMILES string of the molecule is COCCN(C)C1CCN(Cc2c(-c3cccc(C(F)(F)F)c3)nc3ccc(S(C)(=O)=O)cc3c2C(=O)NC(c2ccccc2)C(F)(F)F)CC1. The Morgan fingerprint density at radius 2 is 1.69 bits per heavy atom. The molecule has 0 radical (unpaired) electrons. The molecule has 1 fully saturated rings. The molecule has 8 nitrogen and oxygen atoms in total. The van der Waals surface area contributed by atoms with Crippen LogP contribution in [-0.4, -0.2) is 88.0 Å². The van der Waals surface area contributed by atoms with Gasteiger partial charge in [-0.25, -0.2) is 13.4 Å². The summed E-state index contributed by atoms with van der Waals surface area (Å²) in [5, 5.41) is 2.06. The second kappa shape index (κ2) is 15.3. The number of nitrogens with zero attached hydrogens (tertiary/aromatic N) is 3. The Hall–Kier alpha value is -4.05. The molecule has 1 aliphatic heterocycles. The number of fused-ring (bicyclic) bond motifs is 1. The second-order valence-electron chi connectivity index (χ2n) is 12.7. The Labute approximate surface area is 292 Å². The van der Waals surface area contributed by atoms with Crippen molar-refractivity contribution in [3.05, 3.63) is 95.1 Å². The zero-order chi connectivity index (χ0) is 37.1.